The maximum atomic E-state index is 12.6. The number of halogens is 3. The number of aromatic nitrogens is 2. The van der Waals surface area contributed by atoms with Crippen molar-refractivity contribution in [1.29, 1.82) is 0 Å². The topological polar surface area (TPSA) is 38.2 Å². The Labute approximate surface area is 135 Å². The molecule has 1 unspecified atom stereocenters. The molecule has 1 atom stereocenters. The van der Waals surface area contributed by atoms with E-state index in [4.69, 9.17) is 4.74 Å². The van der Waals surface area contributed by atoms with Crippen LogP contribution in [-0.4, -0.2) is 29.5 Å². The zero-order chi connectivity index (χ0) is 16.3. The van der Waals surface area contributed by atoms with Crippen LogP contribution >= 0.6 is 11.3 Å². The van der Waals surface area contributed by atoms with E-state index in [1.165, 1.54) is 6.07 Å². The maximum Gasteiger partial charge on any atom is 0.435 e. The van der Waals surface area contributed by atoms with Crippen molar-refractivity contribution in [3.63, 3.8) is 0 Å². The van der Waals surface area contributed by atoms with E-state index in [-0.39, 0.29) is 6.10 Å². The van der Waals surface area contributed by atoms with Gasteiger partial charge >= 0.3 is 6.18 Å². The number of anilines is 1. The zero-order valence-electron chi connectivity index (χ0n) is 12.3. The lowest BCUT2D eigenvalue weighted by Crippen LogP contribution is -2.32. The SMILES string of the molecule is FC(F)(F)c1ccc(N(Cc2cccs2)CC2CCCO2)nn1. The van der Waals surface area contributed by atoms with Crippen LogP contribution in [-0.2, 0) is 17.5 Å². The van der Waals surface area contributed by atoms with Gasteiger partial charge in [-0.3, -0.25) is 0 Å². The van der Waals surface area contributed by atoms with E-state index in [0.29, 0.717) is 18.9 Å². The number of rotatable bonds is 5. The van der Waals surface area contributed by atoms with Gasteiger partial charge in [-0.05, 0) is 36.4 Å². The van der Waals surface area contributed by atoms with E-state index in [1.54, 1.807) is 11.3 Å². The summed E-state index contributed by atoms with van der Waals surface area (Å²) in [5.74, 6) is 0.432. The first-order chi connectivity index (χ1) is 11.0. The minimum Gasteiger partial charge on any atom is -0.376 e. The predicted molar refractivity (Wildman–Crippen MR) is 81.4 cm³/mol. The molecule has 0 spiro atoms. The van der Waals surface area contributed by atoms with Gasteiger partial charge in [0.1, 0.15) is 0 Å². The normalized spacial score (nSPS) is 18.3. The highest BCUT2D eigenvalue weighted by Gasteiger charge is 2.33. The summed E-state index contributed by atoms with van der Waals surface area (Å²) in [6.45, 7) is 1.91. The van der Waals surface area contributed by atoms with Crippen molar-refractivity contribution in [1.82, 2.24) is 10.2 Å². The molecule has 23 heavy (non-hydrogen) atoms. The lowest BCUT2D eigenvalue weighted by molar-refractivity contribution is -0.141. The van der Waals surface area contributed by atoms with Crippen LogP contribution in [0, 0.1) is 0 Å². The number of hydrogen-bond acceptors (Lipinski definition) is 5. The average molecular weight is 343 g/mol. The summed E-state index contributed by atoms with van der Waals surface area (Å²) in [6.07, 6.45) is -2.43. The Morgan fingerprint density at radius 1 is 1.26 bits per heavy atom. The molecule has 0 aromatic carbocycles. The van der Waals surface area contributed by atoms with E-state index in [1.807, 2.05) is 22.4 Å². The molecule has 1 saturated heterocycles. The number of nitrogens with zero attached hydrogens (tertiary/aromatic N) is 3. The van der Waals surface area contributed by atoms with E-state index in [0.717, 1.165) is 30.4 Å². The second-order valence-electron chi connectivity index (χ2n) is 5.37. The first-order valence-electron chi connectivity index (χ1n) is 7.32. The molecule has 2 aromatic rings. The standard InChI is InChI=1S/C15H16F3N3OS/c16-15(17,18)13-5-6-14(20-19-13)21(9-11-3-1-7-22-11)10-12-4-2-8-23-12/h2,4-6,8,11H,1,3,7,9-10H2. The largest absolute Gasteiger partial charge is 0.435 e. The fraction of sp³-hybridized carbons (Fsp3) is 0.467. The van der Waals surface area contributed by atoms with Gasteiger partial charge in [0.15, 0.2) is 11.5 Å². The summed E-state index contributed by atoms with van der Waals surface area (Å²) in [4.78, 5) is 3.04. The van der Waals surface area contributed by atoms with Crippen molar-refractivity contribution in [3.8, 4) is 0 Å². The molecule has 0 N–H and O–H groups in total. The first kappa shape index (κ1) is 16.2. The van der Waals surface area contributed by atoms with Crippen LogP contribution in [0.15, 0.2) is 29.6 Å². The maximum absolute atomic E-state index is 12.6. The molecule has 124 valence electrons. The highest BCUT2D eigenvalue weighted by Crippen LogP contribution is 2.28. The van der Waals surface area contributed by atoms with Gasteiger partial charge in [-0.1, -0.05) is 6.07 Å². The van der Waals surface area contributed by atoms with E-state index in [9.17, 15) is 13.2 Å². The quantitative estimate of drug-likeness (QED) is 0.829. The third-order valence-corrected chi connectivity index (χ3v) is 4.50. The summed E-state index contributed by atoms with van der Waals surface area (Å²) in [6, 6.07) is 6.28. The molecule has 3 rings (SSSR count). The Balaban J connectivity index is 1.78. The van der Waals surface area contributed by atoms with Crippen molar-refractivity contribution < 1.29 is 17.9 Å². The van der Waals surface area contributed by atoms with Crippen molar-refractivity contribution in [2.75, 3.05) is 18.1 Å². The molecule has 1 fully saturated rings. The summed E-state index contributed by atoms with van der Waals surface area (Å²) in [5.41, 5.74) is -0.977. The molecule has 0 amide bonds. The molecular weight excluding hydrogens is 327 g/mol. The average Bonchev–Trinajstić information content (AvgIpc) is 3.19. The Hall–Kier alpha value is -1.67. The number of thiophene rings is 1. The van der Waals surface area contributed by atoms with Gasteiger partial charge in [-0.15, -0.1) is 21.5 Å². The van der Waals surface area contributed by atoms with Crippen LogP contribution < -0.4 is 4.90 Å². The van der Waals surface area contributed by atoms with Crippen LogP contribution in [0.5, 0.6) is 0 Å². The molecule has 0 radical (unpaired) electrons. The van der Waals surface area contributed by atoms with Crippen molar-refractivity contribution in [2.24, 2.45) is 0 Å². The van der Waals surface area contributed by atoms with Gasteiger partial charge < -0.3 is 9.64 Å². The van der Waals surface area contributed by atoms with Crippen LogP contribution in [0.4, 0.5) is 19.0 Å². The summed E-state index contributed by atoms with van der Waals surface area (Å²) in [7, 11) is 0. The molecule has 1 aliphatic heterocycles. The highest BCUT2D eigenvalue weighted by molar-refractivity contribution is 7.09. The van der Waals surface area contributed by atoms with Gasteiger partial charge in [0.05, 0.1) is 12.6 Å². The van der Waals surface area contributed by atoms with Crippen molar-refractivity contribution in [2.45, 2.75) is 31.7 Å². The predicted octanol–water partition coefficient (Wildman–Crippen LogP) is 3.74. The monoisotopic (exact) mass is 343 g/mol. The zero-order valence-corrected chi connectivity index (χ0v) is 13.1. The number of ether oxygens (including phenoxy) is 1. The highest BCUT2D eigenvalue weighted by atomic mass is 32.1. The lowest BCUT2D eigenvalue weighted by atomic mass is 10.2. The molecule has 3 heterocycles. The molecular formula is C15H16F3N3OS. The minimum absolute atomic E-state index is 0.0825. The summed E-state index contributed by atoms with van der Waals surface area (Å²) < 4.78 is 43.5. The Bertz CT molecular complexity index is 610. The Morgan fingerprint density at radius 3 is 2.70 bits per heavy atom. The fourth-order valence-corrected chi connectivity index (χ4v) is 3.23. The first-order valence-corrected chi connectivity index (χ1v) is 8.20. The third-order valence-electron chi connectivity index (χ3n) is 3.64. The summed E-state index contributed by atoms with van der Waals surface area (Å²) >= 11 is 1.60. The number of hydrogen-bond donors (Lipinski definition) is 0. The molecule has 0 bridgehead atoms. The molecule has 1 aliphatic rings. The molecule has 4 nitrogen and oxygen atoms in total. The van der Waals surface area contributed by atoms with Gasteiger partial charge in [0, 0.05) is 18.0 Å². The summed E-state index contributed by atoms with van der Waals surface area (Å²) in [5, 5.41) is 9.06. The van der Waals surface area contributed by atoms with Gasteiger partial charge in [0.2, 0.25) is 0 Å². The number of alkyl halides is 3. The Morgan fingerprint density at radius 2 is 2.13 bits per heavy atom. The van der Waals surface area contributed by atoms with Gasteiger partial charge in [-0.2, -0.15) is 13.2 Å². The van der Waals surface area contributed by atoms with Crippen LogP contribution in [0.3, 0.4) is 0 Å². The second-order valence-corrected chi connectivity index (χ2v) is 6.40. The van der Waals surface area contributed by atoms with Crippen LogP contribution in [0.1, 0.15) is 23.4 Å². The van der Waals surface area contributed by atoms with E-state index < -0.39 is 11.9 Å². The minimum atomic E-state index is -4.47. The van der Waals surface area contributed by atoms with Crippen molar-refractivity contribution in [3.05, 3.63) is 40.2 Å². The Kier molecular flexibility index (Phi) is 4.82. The van der Waals surface area contributed by atoms with Gasteiger partial charge in [-0.25, -0.2) is 0 Å². The molecule has 2 aromatic heterocycles. The molecule has 0 saturated carbocycles. The van der Waals surface area contributed by atoms with Crippen molar-refractivity contribution >= 4 is 17.2 Å². The molecule has 8 heteroatoms. The van der Waals surface area contributed by atoms with Crippen LogP contribution in [0.25, 0.3) is 0 Å². The smallest absolute Gasteiger partial charge is 0.376 e. The van der Waals surface area contributed by atoms with Gasteiger partial charge in [0.25, 0.3) is 0 Å². The third kappa shape index (κ3) is 4.20. The molecule has 0 aliphatic carbocycles. The second kappa shape index (κ2) is 6.84. The fourth-order valence-electron chi connectivity index (χ4n) is 2.51. The van der Waals surface area contributed by atoms with E-state index in [2.05, 4.69) is 10.2 Å². The van der Waals surface area contributed by atoms with E-state index >= 15 is 0 Å². The van der Waals surface area contributed by atoms with Crippen LogP contribution in [0.2, 0.25) is 0 Å². The lowest BCUT2D eigenvalue weighted by Gasteiger charge is -2.25.